The molecule has 1 aliphatic carbocycles. The Morgan fingerprint density at radius 2 is 1.97 bits per heavy atom. The van der Waals surface area contributed by atoms with E-state index >= 15 is 0 Å². The number of alkyl halides is 2. The van der Waals surface area contributed by atoms with E-state index in [0.717, 1.165) is 38.8 Å². The predicted molar refractivity (Wildman–Crippen MR) is 101 cm³/mol. The molecule has 1 saturated carbocycles. The third-order valence-electron chi connectivity index (χ3n) is 6.03. The second-order valence-electron chi connectivity index (χ2n) is 8.26. The number of anilines is 1. The molecule has 7 nitrogen and oxygen atoms in total. The lowest BCUT2D eigenvalue weighted by molar-refractivity contribution is -0.133. The Hall–Kier alpha value is -2.58. The summed E-state index contributed by atoms with van der Waals surface area (Å²) in [6.45, 7) is 1.41. The van der Waals surface area contributed by atoms with Crippen molar-refractivity contribution in [2.75, 3.05) is 31.1 Å². The van der Waals surface area contributed by atoms with Crippen LogP contribution in [0.25, 0.3) is 11.5 Å². The van der Waals surface area contributed by atoms with Gasteiger partial charge >= 0.3 is 0 Å². The summed E-state index contributed by atoms with van der Waals surface area (Å²) >= 11 is 0. The van der Waals surface area contributed by atoms with E-state index in [9.17, 15) is 13.6 Å². The van der Waals surface area contributed by atoms with Gasteiger partial charge in [0.15, 0.2) is 5.82 Å². The summed E-state index contributed by atoms with van der Waals surface area (Å²) < 4.78 is 32.5. The van der Waals surface area contributed by atoms with Gasteiger partial charge in [0, 0.05) is 49.7 Å². The lowest BCUT2D eigenvalue weighted by atomic mass is 9.96. The fraction of sp³-hybridized carbons (Fsp3) is 0.600. The third kappa shape index (κ3) is 3.82. The molecule has 0 N–H and O–H groups in total. The number of nitrogens with zero attached hydrogens (tertiary/aromatic N) is 5. The number of hydrogen-bond donors (Lipinski definition) is 0. The Labute approximate surface area is 167 Å². The van der Waals surface area contributed by atoms with Gasteiger partial charge in [0.2, 0.25) is 5.91 Å². The fourth-order valence-corrected chi connectivity index (χ4v) is 4.12. The minimum atomic E-state index is -2.68. The highest BCUT2D eigenvalue weighted by atomic mass is 19.3. The first kappa shape index (κ1) is 18.4. The van der Waals surface area contributed by atoms with Crippen molar-refractivity contribution >= 4 is 11.7 Å². The molecule has 0 bridgehead atoms. The number of hydrogen-bond acceptors (Lipinski definition) is 6. The van der Waals surface area contributed by atoms with Gasteiger partial charge in [-0.15, -0.1) is 0 Å². The Kier molecular flexibility index (Phi) is 4.48. The van der Waals surface area contributed by atoms with Crippen LogP contribution < -0.4 is 4.90 Å². The molecule has 1 amide bonds. The van der Waals surface area contributed by atoms with E-state index in [1.807, 2.05) is 4.90 Å². The number of piperidine rings is 1. The zero-order chi connectivity index (χ0) is 20.0. The minimum absolute atomic E-state index is 0.161. The van der Waals surface area contributed by atoms with Crippen molar-refractivity contribution in [2.45, 2.75) is 43.9 Å². The molecule has 0 radical (unpaired) electrons. The average Bonchev–Trinajstić information content (AvgIpc) is 3.35. The zero-order valence-electron chi connectivity index (χ0n) is 16.1. The lowest BCUT2D eigenvalue weighted by Crippen LogP contribution is -2.38. The quantitative estimate of drug-likeness (QED) is 0.781. The fourth-order valence-electron chi connectivity index (χ4n) is 4.12. The average molecular weight is 403 g/mol. The van der Waals surface area contributed by atoms with Crippen LogP contribution in [0.15, 0.2) is 22.9 Å². The number of pyridine rings is 1. The lowest BCUT2D eigenvalue weighted by Gasteiger charge is -2.30. The number of halogens is 2. The number of amides is 1. The predicted octanol–water partition coefficient (Wildman–Crippen LogP) is 3.09. The standard InChI is InChI=1S/C20H23F2N5O2/c21-20(22)6-10-27(12-20)16-11-15(3-7-23-16)18-24-17(25-29-18)13-4-8-26(9-5-13)19(28)14-1-2-14/h3,7,11,13-14H,1-2,4-6,8-10,12H2. The molecular weight excluding hydrogens is 380 g/mol. The van der Waals surface area contributed by atoms with Crippen molar-refractivity contribution in [3.05, 3.63) is 24.2 Å². The first-order chi connectivity index (χ1) is 14.0. The van der Waals surface area contributed by atoms with Gasteiger partial charge in [-0.2, -0.15) is 4.98 Å². The molecule has 3 aliphatic rings. The molecule has 9 heteroatoms. The van der Waals surface area contributed by atoms with Crippen molar-refractivity contribution in [2.24, 2.45) is 5.92 Å². The normalized spacial score (nSPS) is 22.3. The summed E-state index contributed by atoms with van der Waals surface area (Å²) in [6.07, 6.45) is 5.11. The summed E-state index contributed by atoms with van der Waals surface area (Å²) in [6, 6.07) is 3.46. The monoisotopic (exact) mass is 403 g/mol. The largest absolute Gasteiger partial charge is 0.350 e. The molecule has 0 atom stereocenters. The van der Waals surface area contributed by atoms with Gasteiger partial charge in [-0.25, -0.2) is 13.8 Å². The van der Waals surface area contributed by atoms with Crippen LogP contribution in [0, 0.1) is 5.92 Å². The summed E-state index contributed by atoms with van der Waals surface area (Å²) in [5, 5.41) is 4.14. The van der Waals surface area contributed by atoms with Crippen LogP contribution in [-0.2, 0) is 4.79 Å². The van der Waals surface area contributed by atoms with Crippen LogP contribution in [0.5, 0.6) is 0 Å². The summed E-state index contributed by atoms with van der Waals surface area (Å²) in [7, 11) is 0. The van der Waals surface area contributed by atoms with Crippen LogP contribution in [0.4, 0.5) is 14.6 Å². The Balaban J connectivity index is 1.26. The van der Waals surface area contributed by atoms with E-state index in [1.165, 1.54) is 0 Å². The first-order valence-electron chi connectivity index (χ1n) is 10.2. The van der Waals surface area contributed by atoms with E-state index < -0.39 is 5.92 Å². The van der Waals surface area contributed by atoms with E-state index in [4.69, 9.17) is 4.52 Å². The Morgan fingerprint density at radius 1 is 1.17 bits per heavy atom. The van der Waals surface area contributed by atoms with Gasteiger partial charge in [-0.3, -0.25) is 4.79 Å². The summed E-state index contributed by atoms with van der Waals surface area (Å²) in [5.74, 6) is -0.476. The second kappa shape index (κ2) is 7.03. The summed E-state index contributed by atoms with van der Waals surface area (Å²) in [5.41, 5.74) is 0.672. The van der Waals surface area contributed by atoms with Crippen molar-refractivity contribution in [1.29, 1.82) is 0 Å². The van der Waals surface area contributed by atoms with Crippen LogP contribution in [-0.4, -0.2) is 58.0 Å². The SMILES string of the molecule is O=C(C1CC1)N1CCC(c2noc(-c3ccnc(N4CCC(F)(F)C4)c3)n2)CC1. The number of carbonyl (C=O) groups excluding carboxylic acids is 1. The Morgan fingerprint density at radius 3 is 2.66 bits per heavy atom. The van der Waals surface area contributed by atoms with E-state index in [0.29, 0.717) is 23.1 Å². The molecule has 0 unspecified atom stereocenters. The molecule has 29 heavy (non-hydrogen) atoms. The molecular formula is C20H23F2N5O2. The number of aromatic nitrogens is 3. The highest BCUT2D eigenvalue weighted by molar-refractivity contribution is 5.81. The Bertz CT molecular complexity index is 906. The first-order valence-corrected chi connectivity index (χ1v) is 10.2. The highest BCUT2D eigenvalue weighted by Crippen LogP contribution is 2.35. The molecule has 2 aromatic rings. The molecule has 2 aliphatic heterocycles. The second-order valence-corrected chi connectivity index (χ2v) is 8.26. The van der Waals surface area contributed by atoms with Gasteiger partial charge in [0.1, 0.15) is 5.82 Å². The van der Waals surface area contributed by atoms with Crippen molar-refractivity contribution < 1.29 is 18.1 Å². The maximum absolute atomic E-state index is 13.5. The van der Waals surface area contributed by atoms with Gasteiger partial charge < -0.3 is 14.3 Å². The molecule has 3 fully saturated rings. The van der Waals surface area contributed by atoms with E-state index in [-0.39, 0.29) is 37.3 Å². The summed E-state index contributed by atoms with van der Waals surface area (Å²) in [4.78, 5) is 24.5. The van der Waals surface area contributed by atoms with Crippen molar-refractivity contribution in [3.8, 4) is 11.5 Å². The topological polar surface area (TPSA) is 75.4 Å². The van der Waals surface area contributed by atoms with E-state index in [2.05, 4.69) is 15.1 Å². The van der Waals surface area contributed by atoms with Crippen molar-refractivity contribution in [1.82, 2.24) is 20.0 Å². The third-order valence-corrected chi connectivity index (χ3v) is 6.03. The maximum Gasteiger partial charge on any atom is 0.266 e. The van der Waals surface area contributed by atoms with Crippen LogP contribution in [0.3, 0.4) is 0 Å². The molecule has 2 saturated heterocycles. The van der Waals surface area contributed by atoms with Crippen LogP contribution in [0.2, 0.25) is 0 Å². The maximum atomic E-state index is 13.5. The van der Waals surface area contributed by atoms with Gasteiger partial charge in [-0.05, 0) is 37.8 Å². The molecule has 154 valence electrons. The van der Waals surface area contributed by atoms with E-state index in [1.54, 1.807) is 23.2 Å². The highest BCUT2D eigenvalue weighted by Gasteiger charge is 2.39. The molecule has 2 aromatic heterocycles. The number of rotatable bonds is 4. The number of carbonyl (C=O) groups is 1. The van der Waals surface area contributed by atoms with Crippen molar-refractivity contribution in [3.63, 3.8) is 0 Å². The molecule has 0 aromatic carbocycles. The van der Waals surface area contributed by atoms with Crippen LogP contribution in [0.1, 0.15) is 43.8 Å². The molecule has 4 heterocycles. The minimum Gasteiger partial charge on any atom is -0.350 e. The van der Waals surface area contributed by atoms with Crippen LogP contribution >= 0.6 is 0 Å². The molecule has 5 rings (SSSR count). The smallest absolute Gasteiger partial charge is 0.266 e. The number of likely N-dealkylation sites (tertiary alicyclic amines) is 1. The zero-order valence-corrected chi connectivity index (χ0v) is 16.1. The van der Waals surface area contributed by atoms with Gasteiger partial charge in [-0.1, -0.05) is 5.16 Å². The molecule has 0 spiro atoms. The van der Waals surface area contributed by atoms with Gasteiger partial charge in [0.05, 0.1) is 6.54 Å². The van der Waals surface area contributed by atoms with Gasteiger partial charge in [0.25, 0.3) is 11.8 Å².